The van der Waals surface area contributed by atoms with E-state index >= 15 is 0 Å². The molecule has 0 spiro atoms. The number of carbonyl (C=O) groups excluding carboxylic acids is 1. The predicted molar refractivity (Wildman–Crippen MR) is 61.8 cm³/mol. The molecular weight excluding hydrogens is 244 g/mol. The van der Waals surface area contributed by atoms with Crippen molar-refractivity contribution in [3.05, 3.63) is 28.7 Å². The molecule has 6 nitrogen and oxygen atoms in total. The molecule has 0 aliphatic heterocycles. The molecule has 0 saturated carbocycles. The minimum absolute atomic E-state index is 0.0828. The van der Waals surface area contributed by atoms with Gasteiger partial charge in [0.15, 0.2) is 5.82 Å². The molecule has 0 aliphatic rings. The van der Waals surface area contributed by atoms with E-state index in [0.717, 1.165) is 0 Å². The Morgan fingerprint density at radius 1 is 1.59 bits per heavy atom. The van der Waals surface area contributed by atoms with Gasteiger partial charge in [0.2, 0.25) is 5.91 Å². The maximum atomic E-state index is 11.6. The molecule has 0 radical (unpaired) electrons. The van der Waals surface area contributed by atoms with E-state index in [1.54, 1.807) is 26.1 Å². The molecule has 0 aromatic carbocycles. The Bertz CT molecular complexity index is 527. The fourth-order valence-electron chi connectivity index (χ4n) is 1.33. The maximum absolute atomic E-state index is 11.6. The zero-order valence-electron chi connectivity index (χ0n) is 9.40. The highest BCUT2D eigenvalue weighted by Gasteiger charge is 2.09. The minimum atomic E-state index is -0.238. The number of rotatable bonds is 3. The lowest BCUT2D eigenvalue weighted by Crippen LogP contribution is -2.19. The highest BCUT2D eigenvalue weighted by molar-refractivity contribution is 6.31. The number of anilines is 1. The zero-order chi connectivity index (χ0) is 12.4. The summed E-state index contributed by atoms with van der Waals surface area (Å²) in [6.45, 7) is 3.61. The first kappa shape index (κ1) is 11.7. The first-order chi connectivity index (χ1) is 8.04. The van der Waals surface area contributed by atoms with Crippen molar-refractivity contribution in [2.45, 2.75) is 20.4 Å². The Labute approximate surface area is 103 Å². The van der Waals surface area contributed by atoms with Crippen LogP contribution >= 0.6 is 11.6 Å². The summed E-state index contributed by atoms with van der Waals surface area (Å²) in [5.74, 6) is 0.790. The summed E-state index contributed by atoms with van der Waals surface area (Å²) in [4.78, 5) is 11.6. The van der Waals surface area contributed by atoms with Crippen molar-refractivity contribution in [2.24, 2.45) is 0 Å². The van der Waals surface area contributed by atoms with E-state index in [-0.39, 0.29) is 12.5 Å². The third-order valence-electron chi connectivity index (χ3n) is 2.09. The van der Waals surface area contributed by atoms with Gasteiger partial charge >= 0.3 is 0 Å². The lowest BCUT2D eigenvalue weighted by atomic mass is 10.5. The normalized spacial score (nSPS) is 10.5. The van der Waals surface area contributed by atoms with Gasteiger partial charge in [0.05, 0.1) is 10.7 Å². The summed E-state index contributed by atoms with van der Waals surface area (Å²) in [7, 11) is 0. The third kappa shape index (κ3) is 2.85. The number of nitrogens with one attached hydrogen (secondary N) is 1. The lowest BCUT2D eigenvalue weighted by molar-refractivity contribution is -0.116. The van der Waals surface area contributed by atoms with Gasteiger partial charge in [-0.15, -0.1) is 0 Å². The van der Waals surface area contributed by atoms with Gasteiger partial charge in [-0.05, 0) is 13.8 Å². The molecular formula is C10H11ClN4O2. The first-order valence-electron chi connectivity index (χ1n) is 4.97. The van der Waals surface area contributed by atoms with E-state index in [1.165, 1.54) is 4.68 Å². The Morgan fingerprint density at radius 3 is 2.88 bits per heavy atom. The average molecular weight is 255 g/mol. The van der Waals surface area contributed by atoms with E-state index < -0.39 is 0 Å². The molecule has 0 saturated heterocycles. The van der Waals surface area contributed by atoms with Crippen LogP contribution in [0.4, 0.5) is 5.82 Å². The van der Waals surface area contributed by atoms with Crippen molar-refractivity contribution < 1.29 is 9.32 Å². The number of hydrogen-bond donors (Lipinski definition) is 1. The van der Waals surface area contributed by atoms with Crippen LogP contribution in [0.3, 0.4) is 0 Å². The van der Waals surface area contributed by atoms with Crippen molar-refractivity contribution >= 4 is 23.3 Å². The fraction of sp³-hybridized carbons (Fsp3) is 0.300. The maximum Gasteiger partial charge on any atom is 0.247 e. The van der Waals surface area contributed by atoms with Crippen LogP contribution in [0.25, 0.3) is 0 Å². The zero-order valence-corrected chi connectivity index (χ0v) is 10.2. The largest absolute Gasteiger partial charge is 0.360 e. The molecule has 17 heavy (non-hydrogen) atoms. The summed E-state index contributed by atoms with van der Waals surface area (Å²) >= 11 is 5.83. The number of halogens is 1. The smallest absolute Gasteiger partial charge is 0.247 e. The van der Waals surface area contributed by atoms with Crippen LogP contribution < -0.4 is 5.32 Å². The van der Waals surface area contributed by atoms with Crippen LogP contribution in [-0.4, -0.2) is 20.8 Å². The molecule has 7 heteroatoms. The summed E-state index contributed by atoms with van der Waals surface area (Å²) in [5, 5.41) is 10.9. The molecule has 0 fully saturated rings. The Balaban J connectivity index is 1.97. The molecule has 0 aliphatic carbocycles. The molecule has 2 aromatic heterocycles. The number of aromatic nitrogens is 3. The minimum Gasteiger partial charge on any atom is -0.360 e. The van der Waals surface area contributed by atoms with Gasteiger partial charge < -0.3 is 9.84 Å². The fourth-order valence-corrected chi connectivity index (χ4v) is 1.48. The topological polar surface area (TPSA) is 73.0 Å². The van der Waals surface area contributed by atoms with Crippen LogP contribution in [0, 0.1) is 13.8 Å². The molecule has 1 N–H and O–H groups in total. The second kappa shape index (κ2) is 4.58. The second-order valence-corrected chi connectivity index (χ2v) is 4.04. The van der Waals surface area contributed by atoms with Gasteiger partial charge in [-0.25, -0.2) is 0 Å². The van der Waals surface area contributed by atoms with Gasteiger partial charge in [0.25, 0.3) is 0 Å². The third-order valence-corrected chi connectivity index (χ3v) is 2.46. The van der Waals surface area contributed by atoms with Gasteiger partial charge in [0, 0.05) is 12.3 Å². The van der Waals surface area contributed by atoms with Gasteiger partial charge in [0.1, 0.15) is 12.3 Å². The van der Waals surface area contributed by atoms with E-state index in [0.29, 0.717) is 22.3 Å². The SMILES string of the molecule is Cc1cc(NC(=O)Cn2cc(Cl)c(C)n2)no1. The molecule has 2 rings (SSSR count). The Kier molecular flexibility index (Phi) is 3.14. The number of amides is 1. The van der Waals surface area contributed by atoms with Crippen molar-refractivity contribution in [3.63, 3.8) is 0 Å². The number of carbonyl (C=O) groups is 1. The van der Waals surface area contributed by atoms with Gasteiger partial charge in [-0.2, -0.15) is 5.10 Å². The second-order valence-electron chi connectivity index (χ2n) is 3.63. The quantitative estimate of drug-likeness (QED) is 0.906. The Morgan fingerprint density at radius 2 is 2.35 bits per heavy atom. The molecule has 2 aromatic rings. The number of aryl methyl sites for hydroxylation is 2. The number of hydrogen-bond acceptors (Lipinski definition) is 4. The average Bonchev–Trinajstić information content (AvgIpc) is 2.75. The van der Waals surface area contributed by atoms with E-state index in [4.69, 9.17) is 16.1 Å². The lowest BCUT2D eigenvalue weighted by Gasteiger charge is -2.00. The summed E-state index contributed by atoms with van der Waals surface area (Å²) in [6.07, 6.45) is 1.60. The van der Waals surface area contributed by atoms with Crippen LogP contribution in [0.1, 0.15) is 11.5 Å². The Hall–Kier alpha value is -1.82. The van der Waals surface area contributed by atoms with E-state index in [2.05, 4.69) is 15.6 Å². The molecule has 1 amide bonds. The van der Waals surface area contributed by atoms with E-state index in [9.17, 15) is 4.79 Å². The van der Waals surface area contributed by atoms with Crippen molar-refractivity contribution in [1.82, 2.24) is 14.9 Å². The molecule has 0 atom stereocenters. The standard InChI is InChI=1S/C10H11ClN4O2/c1-6-3-9(14-17-6)12-10(16)5-15-4-8(11)7(2)13-15/h3-4H,5H2,1-2H3,(H,12,14,16). The number of nitrogens with zero attached hydrogens (tertiary/aromatic N) is 3. The van der Waals surface area contributed by atoms with Crippen molar-refractivity contribution in [2.75, 3.05) is 5.32 Å². The molecule has 0 bridgehead atoms. The van der Waals surface area contributed by atoms with Crippen LogP contribution in [-0.2, 0) is 11.3 Å². The van der Waals surface area contributed by atoms with Gasteiger partial charge in [-0.1, -0.05) is 16.8 Å². The predicted octanol–water partition coefficient (Wildman–Crippen LogP) is 1.78. The molecule has 90 valence electrons. The highest BCUT2D eigenvalue weighted by Crippen LogP contribution is 2.12. The van der Waals surface area contributed by atoms with Crippen LogP contribution in [0.5, 0.6) is 0 Å². The van der Waals surface area contributed by atoms with E-state index in [1.807, 2.05) is 0 Å². The van der Waals surface area contributed by atoms with Crippen LogP contribution in [0.15, 0.2) is 16.8 Å². The molecule has 0 unspecified atom stereocenters. The molecule has 2 heterocycles. The summed E-state index contributed by atoms with van der Waals surface area (Å²) in [6, 6.07) is 1.64. The highest BCUT2D eigenvalue weighted by atomic mass is 35.5. The monoisotopic (exact) mass is 254 g/mol. The van der Waals surface area contributed by atoms with Crippen molar-refractivity contribution in [3.8, 4) is 0 Å². The summed E-state index contributed by atoms with van der Waals surface area (Å²) in [5.41, 5.74) is 0.691. The summed E-state index contributed by atoms with van der Waals surface area (Å²) < 4.78 is 6.30. The first-order valence-corrected chi connectivity index (χ1v) is 5.35. The van der Waals surface area contributed by atoms with Crippen molar-refractivity contribution in [1.29, 1.82) is 0 Å². The van der Waals surface area contributed by atoms with Crippen LogP contribution in [0.2, 0.25) is 5.02 Å². The van der Waals surface area contributed by atoms with Gasteiger partial charge in [-0.3, -0.25) is 9.48 Å².